The van der Waals surface area contributed by atoms with Crippen molar-refractivity contribution < 1.29 is 14.5 Å². The van der Waals surface area contributed by atoms with Crippen molar-refractivity contribution in [2.24, 2.45) is 0 Å². The number of likely N-dealkylation sites (N-methyl/N-ethyl adjacent to an activating group) is 1. The van der Waals surface area contributed by atoms with Gasteiger partial charge in [0.25, 0.3) is 11.8 Å². The van der Waals surface area contributed by atoms with Gasteiger partial charge in [-0.25, -0.2) is 4.98 Å². The van der Waals surface area contributed by atoms with E-state index in [1.165, 1.54) is 17.2 Å². The van der Waals surface area contributed by atoms with Gasteiger partial charge < -0.3 is 15.5 Å². The second-order valence-corrected chi connectivity index (χ2v) is 6.76. The predicted octanol–water partition coefficient (Wildman–Crippen LogP) is 2.30. The van der Waals surface area contributed by atoms with Gasteiger partial charge in [0.05, 0.1) is 36.8 Å². The molecule has 1 aromatic heterocycles. The van der Waals surface area contributed by atoms with Crippen LogP contribution in [0.15, 0.2) is 36.5 Å². The Bertz CT molecular complexity index is 793. The molecule has 0 unspecified atom stereocenters. The van der Waals surface area contributed by atoms with Gasteiger partial charge in [-0.15, -0.1) is 0 Å². The zero-order valence-corrected chi connectivity index (χ0v) is 16.8. The summed E-state index contributed by atoms with van der Waals surface area (Å²) in [4.78, 5) is 29.7. The van der Waals surface area contributed by atoms with Crippen LogP contribution < -0.4 is 15.5 Å². The zero-order chi connectivity index (χ0) is 19.8. The molecule has 0 bridgehead atoms. The van der Waals surface area contributed by atoms with E-state index in [2.05, 4.69) is 29.5 Å². The lowest BCUT2D eigenvalue weighted by atomic mass is 10.2. The Morgan fingerprint density at radius 1 is 1.04 bits per heavy atom. The highest BCUT2D eigenvalue weighted by molar-refractivity contribution is 6.41. The average Bonchev–Trinajstić information content (AvgIpc) is 2.67. The highest BCUT2D eigenvalue weighted by atomic mass is 35.5. The molecule has 2 aromatic rings. The Balaban J connectivity index is 1.91. The molecule has 2 amide bonds. The van der Waals surface area contributed by atoms with Gasteiger partial charge in [-0.2, -0.15) is 0 Å². The third-order valence-corrected chi connectivity index (χ3v) is 4.91. The summed E-state index contributed by atoms with van der Waals surface area (Å²) in [7, 11) is 0. The van der Waals surface area contributed by atoms with Crippen molar-refractivity contribution in [1.82, 2.24) is 10.3 Å². The summed E-state index contributed by atoms with van der Waals surface area (Å²) >= 11 is 11.6. The number of pyridine rings is 1. The number of halogens is 2. The quantitative estimate of drug-likeness (QED) is 0.585. The van der Waals surface area contributed by atoms with Crippen molar-refractivity contribution in [2.75, 3.05) is 31.5 Å². The molecule has 0 aliphatic rings. The largest absolute Gasteiger partial charge is 0.346 e. The molecule has 0 saturated carbocycles. The number of amides is 2. The van der Waals surface area contributed by atoms with Crippen LogP contribution in [0.4, 0.5) is 5.69 Å². The molecule has 2 rings (SSSR count). The van der Waals surface area contributed by atoms with E-state index >= 15 is 0 Å². The van der Waals surface area contributed by atoms with E-state index in [0.717, 1.165) is 19.6 Å². The molecule has 27 heavy (non-hydrogen) atoms. The lowest BCUT2D eigenvalue weighted by Gasteiger charge is -2.15. The molecule has 3 N–H and O–H groups in total. The van der Waals surface area contributed by atoms with Crippen LogP contribution in [-0.4, -0.2) is 43.0 Å². The maximum Gasteiger partial charge on any atom is 0.257 e. The van der Waals surface area contributed by atoms with E-state index in [1.807, 2.05) is 0 Å². The first-order valence-electron chi connectivity index (χ1n) is 8.78. The number of benzene rings is 1. The molecule has 0 aliphatic carbocycles. The third kappa shape index (κ3) is 6.20. The number of rotatable bonds is 8. The van der Waals surface area contributed by atoms with Crippen molar-refractivity contribution in [1.29, 1.82) is 0 Å². The molecule has 0 radical (unpaired) electrons. The molecule has 1 aromatic carbocycles. The number of anilines is 1. The summed E-state index contributed by atoms with van der Waals surface area (Å²) in [5, 5.41) is 6.00. The van der Waals surface area contributed by atoms with Gasteiger partial charge in [-0.05, 0) is 44.2 Å². The van der Waals surface area contributed by atoms with Gasteiger partial charge in [0, 0.05) is 17.4 Å². The van der Waals surface area contributed by atoms with Gasteiger partial charge in [-0.1, -0.05) is 23.2 Å². The van der Waals surface area contributed by atoms with Gasteiger partial charge in [0.2, 0.25) is 0 Å². The van der Waals surface area contributed by atoms with Crippen molar-refractivity contribution >= 4 is 40.7 Å². The number of nitrogens with one attached hydrogen (secondary N) is 3. The minimum Gasteiger partial charge on any atom is -0.346 e. The van der Waals surface area contributed by atoms with Crippen molar-refractivity contribution in [2.45, 2.75) is 13.8 Å². The summed E-state index contributed by atoms with van der Waals surface area (Å²) in [6.45, 7) is 7.84. The minimum absolute atomic E-state index is 0.131. The first kappa shape index (κ1) is 21.2. The van der Waals surface area contributed by atoms with Gasteiger partial charge >= 0.3 is 0 Å². The van der Waals surface area contributed by atoms with E-state index in [0.29, 0.717) is 23.4 Å². The molecule has 0 spiro atoms. The molecule has 1 heterocycles. The van der Waals surface area contributed by atoms with E-state index in [1.54, 1.807) is 24.3 Å². The van der Waals surface area contributed by atoms with Gasteiger partial charge in [-0.3, -0.25) is 9.59 Å². The normalized spacial score (nSPS) is 10.7. The molecule has 0 saturated heterocycles. The van der Waals surface area contributed by atoms with Gasteiger partial charge in [0.1, 0.15) is 5.15 Å². The fraction of sp³-hybridized carbons (Fsp3) is 0.316. The van der Waals surface area contributed by atoms with Crippen LogP contribution in [0.3, 0.4) is 0 Å². The number of carbonyl (C=O) groups excluding carboxylic acids is 2. The molecule has 6 nitrogen and oxygen atoms in total. The fourth-order valence-corrected chi connectivity index (χ4v) is 2.78. The highest BCUT2D eigenvalue weighted by Crippen LogP contribution is 2.20. The van der Waals surface area contributed by atoms with Crippen LogP contribution >= 0.6 is 23.2 Å². The summed E-state index contributed by atoms with van der Waals surface area (Å²) in [5.41, 5.74) is 1.40. The molecule has 8 heteroatoms. The summed E-state index contributed by atoms with van der Waals surface area (Å²) in [6.07, 6.45) is 1.35. The SMILES string of the molecule is CC[NH+](CC)CCNC(=O)c1ccc(NC(=O)c2cnc(Cl)c(Cl)c2)cc1. The Morgan fingerprint density at radius 2 is 1.70 bits per heavy atom. The molecule has 144 valence electrons. The topological polar surface area (TPSA) is 75.5 Å². The van der Waals surface area contributed by atoms with E-state index in [4.69, 9.17) is 23.2 Å². The van der Waals surface area contributed by atoms with Crippen LogP contribution in [-0.2, 0) is 0 Å². The van der Waals surface area contributed by atoms with Crippen LogP contribution in [0.25, 0.3) is 0 Å². The van der Waals surface area contributed by atoms with Crippen molar-refractivity contribution in [3.05, 3.63) is 57.8 Å². The molecule has 0 fully saturated rings. The number of nitrogens with zero attached hydrogens (tertiary/aromatic N) is 1. The Labute approximate surface area is 168 Å². The lowest BCUT2D eigenvalue weighted by Crippen LogP contribution is -3.12. The van der Waals surface area contributed by atoms with E-state index < -0.39 is 0 Å². The summed E-state index contributed by atoms with van der Waals surface area (Å²) in [6, 6.07) is 8.14. The maximum atomic E-state index is 12.2. The number of hydrogen-bond acceptors (Lipinski definition) is 3. The predicted molar refractivity (Wildman–Crippen MR) is 108 cm³/mol. The third-order valence-electron chi connectivity index (χ3n) is 4.23. The number of quaternary nitrogens is 1. The first-order chi connectivity index (χ1) is 12.9. The minimum atomic E-state index is -0.361. The van der Waals surface area contributed by atoms with Crippen LogP contribution in [0.5, 0.6) is 0 Å². The second-order valence-electron chi connectivity index (χ2n) is 5.99. The number of aromatic nitrogens is 1. The Hall–Kier alpha value is -2.15. The van der Waals surface area contributed by atoms with Crippen molar-refractivity contribution in [3.63, 3.8) is 0 Å². The highest BCUT2D eigenvalue weighted by Gasteiger charge is 2.11. The monoisotopic (exact) mass is 409 g/mol. The molecular formula is C19H23Cl2N4O2+. The summed E-state index contributed by atoms with van der Waals surface area (Å²) < 4.78 is 0. The molecular weight excluding hydrogens is 387 g/mol. The van der Waals surface area contributed by atoms with Crippen LogP contribution in [0.1, 0.15) is 34.6 Å². The number of hydrogen-bond donors (Lipinski definition) is 3. The Kier molecular flexibility index (Phi) is 8.03. The van der Waals surface area contributed by atoms with Crippen LogP contribution in [0.2, 0.25) is 10.2 Å². The Morgan fingerprint density at radius 3 is 2.30 bits per heavy atom. The van der Waals surface area contributed by atoms with E-state index in [-0.39, 0.29) is 22.0 Å². The number of carbonyl (C=O) groups is 2. The van der Waals surface area contributed by atoms with Crippen LogP contribution in [0, 0.1) is 0 Å². The molecule has 0 aliphatic heterocycles. The standard InChI is InChI=1S/C19H22Cl2N4O2/c1-3-25(4-2)10-9-22-18(26)13-5-7-15(8-6-13)24-19(27)14-11-16(20)17(21)23-12-14/h5-8,11-12H,3-4,9-10H2,1-2H3,(H,22,26)(H,24,27)/p+1. The maximum absolute atomic E-state index is 12.2. The second kappa shape index (κ2) is 10.3. The van der Waals surface area contributed by atoms with Gasteiger partial charge in [0.15, 0.2) is 0 Å². The first-order valence-corrected chi connectivity index (χ1v) is 9.54. The average molecular weight is 410 g/mol. The lowest BCUT2D eigenvalue weighted by molar-refractivity contribution is -0.895. The van der Waals surface area contributed by atoms with Crippen molar-refractivity contribution in [3.8, 4) is 0 Å². The van der Waals surface area contributed by atoms with E-state index in [9.17, 15) is 9.59 Å². The molecule has 0 atom stereocenters. The summed E-state index contributed by atoms with van der Waals surface area (Å²) in [5.74, 6) is -0.492. The smallest absolute Gasteiger partial charge is 0.257 e. The zero-order valence-electron chi connectivity index (χ0n) is 15.3. The fourth-order valence-electron chi connectivity index (χ4n) is 2.51.